The molecule has 4 atom stereocenters. The lowest BCUT2D eigenvalue weighted by molar-refractivity contribution is -0.161. The van der Waals surface area contributed by atoms with Crippen LogP contribution >= 0.6 is 7.82 Å². The maximum absolute atomic E-state index is 12.6. The summed E-state index contributed by atoms with van der Waals surface area (Å²) in [7, 11) is -4.74. The summed E-state index contributed by atoms with van der Waals surface area (Å²) in [6.07, 6.45) is 38.2. The number of hydrogen-bond donors (Lipinski definition) is 4. The molecular formula is C42H72NO11P. The van der Waals surface area contributed by atoms with Crippen molar-refractivity contribution in [2.24, 2.45) is 5.73 Å². The summed E-state index contributed by atoms with van der Waals surface area (Å²) >= 11 is 0. The van der Waals surface area contributed by atoms with Crippen molar-refractivity contribution in [2.45, 2.75) is 167 Å². The Balaban J connectivity index is 4.53. The second kappa shape index (κ2) is 36.8. The molecule has 0 saturated heterocycles. The van der Waals surface area contributed by atoms with Crippen LogP contribution in [-0.4, -0.2) is 71.1 Å². The first-order chi connectivity index (χ1) is 26.5. The summed E-state index contributed by atoms with van der Waals surface area (Å²) in [4.78, 5) is 45.8. The van der Waals surface area contributed by atoms with Crippen molar-refractivity contribution in [3.05, 3.63) is 60.8 Å². The lowest BCUT2D eigenvalue weighted by atomic mass is 10.0. The molecule has 0 aromatic rings. The molecule has 0 radical (unpaired) electrons. The van der Waals surface area contributed by atoms with Gasteiger partial charge in [-0.1, -0.05) is 152 Å². The smallest absolute Gasteiger partial charge is 0.472 e. The monoisotopic (exact) mass is 797 g/mol. The minimum atomic E-state index is -4.74. The Kier molecular flexibility index (Phi) is 34.8. The number of unbranched alkanes of at least 4 members (excludes halogenated alkanes) is 13. The number of nitrogens with two attached hydrogens (primary N) is 1. The first kappa shape index (κ1) is 52.1. The number of carboxylic acids is 1. The highest BCUT2D eigenvalue weighted by Crippen LogP contribution is 2.43. The van der Waals surface area contributed by atoms with E-state index < -0.39 is 57.2 Å². The van der Waals surface area contributed by atoms with Crippen LogP contribution in [0.15, 0.2) is 60.8 Å². The average Bonchev–Trinajstić information content (AvgIpc) is 3.16. The topological polar surface area (TPSA) is 192 Å². The highest BCUT2D eigenvalue weighted by molar-refractivity contribution is 7.47. The summed E-state index contributed by atoms with van der Waals surface area (Å²) < 4.78 is 32.5. The number of phosphoric acid groups is 1. The minimum Gasteiger partial charge on any atom is -0.480 e. The van der Waals surface area contributed by atoms with Gasteiger partial charge in [-0.25, -0.2) is 4.57 Å². The number of esters is 2. The number of aliphatic hydroxyl groups is 1. The molecule has 0 aliphatic carbocycles. The maximum atomic E-state index is 12.6. The third-order valence-corrected chi connectivity index (χ3v) is 9.39. The van der Waals surface area contributed by atoms with Gasteiger partial charge in [0.05, 0.1) is 19.3 Å². The third kappa shape index (κ3) is 36.5. The molecule has 0 rings (SSSR count). The zero-order chi connectivity index (χ0) is 40.8. The van der Waals surface area contributed by atoms with Gasteiger partial charge in [-0.15, -0.1) is 0 Å². The Bertz CT molecular complexity index is 1180. The fraction of sp³-hybridized carbons (Fsp3) is 0.690. The molecule has 0 saturated carbocycles. The lowest BCUT2D eigenvalue weighted by Crippen LogP contribution is -2.34. The van der Waals surface area contributed by atoms with Crippen molar-refractivity contribution in [3.8, 4) is 0 Å². The quantitative estimate of drug-likeness (QED) is 0.0153. The number of ether oxygens (including phenoxy) is 2. The molecule has 5 N–H and O–H groups in total. The molecule has 0 aromatic heterocycles. The first-order valence-electron chi connectivity index (χ1n) is 20.4. The van der Waals surface area contributed by atoms with E-state index >= 15 is 0 Å². The molecule has 12 nitrogen and oxygen atoms in total. The van der Waals surface area contributed by atoms with Crippen molar-refractivity contribution >= 4 is 25.7 Å². The van der Waals surface area contributed by atoms with Gasteiger partial charge in [0.25, 0.3) is 0 Å². The molecule has 13 heteroatoms. The highest BCUT2D eigenvalue weighted by atomic mass is 31.2. The summed E-state index contributed by atoms with van der Waals surface area (Å²) in [6.45, 7) is 2.39. The number of carbonyl (C=O) groups excluding carboxylic acids is 2. The fourth-order valence-corrected chi connectivity index (χ4v) is 5.83. The van der Waals surface area contributed by atoms with Crippen LogP contribution in [0.5, 0.6) is 0 Å². The molecular weight excluding hydrogens is 725 g/mol. The molecule has 55 heavy (non-hydrogen) atoms. The maximum Gasteiger partial charge on any atom is 0.472 e. The van der Waals surface area contributed by atoms with E-state index in [0.29, 0.717) is 25.7 Å². The van der Waals surface area contributed by atoms with E-state index in [9.17, 15) is 28.9 Å². The molecule has 0 spiro atoms. The molecule has 0 amide bonds. The van der Waals surface area contributed by atoms with Gasteiger partial charge in [0, 0.05) is 12.8 Å². The van der Waals surface area contributed by atoms with Crippen LogP contribution in [0.3, 0.4) is 0 Å². The van der Waals surface area contributed by atoms with E-state index in [1.54, 1.807) is 6.08 Å². The standard InChI is InChI=1S/C42H72NO11P/c1-3-5-6-7-8-9-10-13-17-20-23-26-29-32-40(45)51-34-38(35-52-55(49,50)53-36-39(43)42(47)48)54-41(46)33-30-27-24-21-18-15-12-11-14-16-19-22-25-28-31-37(44)4-2/h12,14-16,21-22,24-25,28,31,37-39,44H,3-11,13,17-20,23,26-27,29-30,32-36,43H2,1-2H3,(H,47,48)(H,49,50)/b15-12-,16-14-,24-21-,25-22-,31-28+/t37-,38-,39+/m1/s1. The van der Waals surface area contributed by atoms with Crippen LogP contribution in [0, 0.1) is 0 Å². The van der Waals surface area contributed by atoms with Gasteiger partial charge in [-0.2, -0.15) is 0 Å². The molecule has 0 aliphatic heterocycles. The number of aliphatic hydroxyl groups excluding tert-OH is 1. The largest absolute Gasteiger partial charge is 0.480 e. The zero-order valence-electron chi connectivity index (χ0n) is 33.6. The van der Waals surface area contributed by atoms with Crippen molar-refractivity contribution in [1.82, 2.24) is 0 Å². The molecule has 0 heterocycles. The minimum absolute atomic E-state index is 0.0680. The van der Waals surface area contributed by atoms with Crippen LogP contribution in [0.25, 0.3) is 0 Å². The normalized spacial score (nSPS) is 15.0. The van der Waals surface area contributed by atoms with Crippen LogP contribution in [0.4, 0.5) is 0 Å². The van der Waals surface area contributed by atoms with E-state index in [1.165, 1.54) is 57.8 Å². The zero-order valence-corrected chi connectivity index (χ0v) is 34.5. The number of carbonyl (C=O) groups is 3. The number of carboxylic acid groups (broad SMARTS) is 1. The van der Waals surface area contributed by atoms with E-state index in [1.807, 2.05) is 37.3 Å². The molecule has 0 bridgehead atoms. The second-order valence-electron chi connectivity index (χ2n) is 13.6. The van der Waals surface area contributed by atoms with Crippen molar-refractivity contribution in [1.29, 1.82) is 0 Å². The van der Waals surface area contributed by atoms with Gasteiger partial charge in [-0.3, -0.25) is 23.4 Å². The first-order valence-corrected chi connectivity index (χ1v) is 21.9. The van der Waals surface area contributed by atoms with Gasteiger partial charge >= 0.3 is 25.7 Å². The van der Waals surface area contributed by atoms with Gasteiger partial charge < -0.3 is 30.3 Å². The van der Waals surface area contributed by atoms with E-state index in [-0.39, 0.29) is 19.4 Å². The van der Waals surface area contributed by atoms with Crippen molar-refractivity contribution < 1.29 is 52.6 Å². The summed E-state index contributed by atoms with van der Waals surface area (Å²) in [5.41, 5.74) is 5.32. The van der Waals surface area contributed by atoms with Crippen LogP contribution in [-0.2, 0) is 37.5 Å². The predicted molar refractivity (Wildman–Crippen MR) is 218 cm³/mol. The van der Waals surface area contributed by atoms with Crippen molar-refractivity contribution in [2.75, 3.05) is 19.8 Å². The number of rotatable bonds is 37. The van der Waals surface area contributed by atoms with Crippen LogP contribution in [0.1, 0.15) is 149 Å². The number of aliphatic carboxylic acids is 1. The van der Waals surface area contributed by atoms with E-state index in [0.717, 1.165) is 38.5 Å². The summed E-state index contributed by atoms with van der Waals surface area (Å²) in [5, 5.41) is 18.3. The third-order valence-electron chi connectivity index (χ3n) is 8.44. The average molecular weight is 798 g/mol. The second-order valence-corrected chi connectivity index (χ2v) is 15.0. The number of hydrogen-bond acceptors (Lipinski definition) is 10. The SMILES string of the molecule is CCCCCCCCCCCCCCCC(=O)OC[C@H](COP(=O)(O)OC[C@H](N)C(=O)O)OC(=O)CCC/C=C\C/C=C\C/C=C\C/C=C\C=C\[C@H](O)CC. The lowest BCUT2D eigenvalue weighted by Gasteiger charge is -2.20. The van der Waals surface area contributed by atoms with Gasteiger partial charge in [0.15, 0.2) is 6.10 Å². The molecule has 0 aromatic carbocycles. The predicted octanol–water partition coefficient (Wildman–Crippen LogP) is 9.36. The van der Waals surface area contributed by atoms with E-state index in [2.05, 4.69) is 35.8 Å². The number of allylic oxidation sites excluding steroid dienone is 9. The fourth-order valence-electron chi connectivity index (χ4n) is 5.05. The Morgan fingerprint density at radius 1 is 0.655 bits per heavy atom. The Morgan fingerprint density at radius 3 is 1.73 bits per heavy atom. The Morgan fingerprint density at radius 2 is 1.16 bits per heavy atom. The highest BCUT2D eigenvalue weighted by Gasteiger charge is 2.28. The van der Waals surface area contributed by atoms with Crippen LogP contribution in [0.2, 0.25) is 0 Å². The van der Waals surface area contributed by atoms with Gasteiger partial charge in [0.2, 0.25) is 0 Å². The number of phosphoric ester groups is 1. The molecule has 0 aliphatic rings. The van der Waals surface area contributed by atoms with Gasteiger partial charge in [-0.05, 0) is 44.9 Å². The van der Waals surface area contributed by atoms with Crippen LogP contribution < -0.4 is 5.73 Å². The molecule has 0 fully saturated rings. The Labute approximate surface area is 330 Å². The summed E-state index contributed by atoms with van der Waals surface area (Å²) in [5.74, 6) is -2.48. The Hall–Kier alpha value is -2.86. The van der Waals surface area contributed by atoms with E-state index in [4.69, 9.17) is 24.8 Å². The summed E-state index contributed by atoms with van der Waals surface area (Å²) in [6, 6.07) is -1.54. The molecule has 1 unspecified atom stereocenters. The molecule has 316 valence electrons. The van der Waals surface area contributed by atoms with Gasteiger partial charge in [0.1, 0.15) is 12.6 Å². The van der Waals surface area contributed by atoms with Crippen molar-refractivity contribution in [3.63, 3.8) is 0 Å².